The van der Waals surface area contributed by atoms with Crippen LogP contribution in [0.1, 0.15) is 12.8 Å². The second kappa shape index (κ2) is 4.81. The van der Waals surface area contributed by atoms with Gasteiger partial charge < -0.3 is 10.8 Å². The summed E-state index contributed by atoms with van der Waals surface area (Å²) in [6.45, 7) is 0. The SMILES string of the molecule is N#C[C@H]1C[C@H](N)C1.O=C(O)C(F)(F)F. The van der Waals surface area contributed by atoms with E-state index in [1.165, 1.54) is 0 Å². The molecule has 4 nitrogen and oxygen atoms in total. The van der Waals surface area contributed by atoms with Gasteiger partial charge in [-0.25, -0.2) is 4.79 Å². The van der Waals surface area contributed by atoms with E-state index in [4.69, 9.17) is 20.9 Å². The van der Waals surface area contributed by atoms with Crippen LogP contribution in [-0.2, 0) is 4.79 Å². The maximum absolute atomic E-state index is 10.6. The van der Waals surface area contributed by atoms with E-state index < -0.39 is 12.1 Å². The molecule has 3 N–H and O–H groups in total. The average molecular weight is 210 g/mol. The van der Waals surface area contributed by atoms with Crippen LogP contribution in [0.3, 0.4) is 0 Å². The number of carboxylic acids is 1. The lowest BCUT2D eigenvalue weighted by Crippen LogP contribution is -2.35. The van der Waals surface area contributed by atoms with E-state index >= 15 is 0 Å². The molecule has 0 unspecified atom stereocenters. The van der Waals surface area contributed by atoms with Crippen LogP contribution in [0.2, 0.25) is 0 Å². The minimum atomic E-state index is -5.08. The Morgan fingerprint density at radius 3 is 1.93 bits per heavy atom. The summed E-state index contributed by atoms with van der Waals surface area (Å²) in [6.07, 6.45) is -3.26. The van der Waals surface area contributed by atoms with E-state index in [-0.39, 0.29) is 5.92 Å². The lowest BCUT2D eigenvalue weighted by Gasteiger charge is -2.25. The highest BCUT2D eigenvalue weighted by Crippen LogP contribution is 2.23. The lowest BCUT2D eigenvalue weighted by atomic mass is 9.82. The van der Waals surface area contributed by atoms with Crippen molar-refractivity contribution in [2.45, 2.75) is 25.1 Å². The molecule has 0 aromatic heterocycles. The van der Waals surface area contributed by atoms with E-state index in [1.54, 1.807) is 0 Å². The van der Waals surface area contributed by atoms with Crippen molar-refractivity contribution in [2.24, 2.45) is 11.7 Å². The molecule has 14 heavy (non-hydrogen) atoms. The molecule has 1 saturated carbocycles. The number of rotatable bonds is 0. The predicted octanol–water partition coefficient (Wildman–Crippen LogP) is 0.881. The first-order chi connectivity index (χ1) is 6.27. The third-order valence-electron chi connectivity index (χ3n) is 1.60. The molecular formula is C7H9F3N2O2. The predicted molar refractivity (Wildman–Crippen MR) is 40.0 cm³/mol. The molecule has 7 heteroatoms. The van der Waals surface area contributed by atoms with Crippen LogP contribution in [0.25, 0.3) is 0 Å². The molecule has 0 aliphatic heterocycles. The van der Waals surface area contributed by atoms with Crippen LogP contribution in [0.15, 0.2) is 0 Å². The maximum atomic E-state index is 10.6. The fourth-order valence-corrected chi connectivity index (χ4v) is 0.767. The fraction of sp³-hybridized carbons (Fsp3) is 0.714. The first-order valence-corrected chi connectivity index (χ1v) is 3.72. The summed E-state index contributed by atoms with van der Waals surface area (Å²) in [6, 6.07) is 2.48. The first kappa shape index (κ1) is 12.7. The van der Waals surface area contributed by atoms with Crippen molar-refractivity contribution in [3.63, 3.8) is 0 Å². The summed E-state index contributed by atoms with van der Waals surface area (Å²) in [7, 11) is 0. The molecule has 0 bridgehead atoms. The number of hydrogen-bond acceptors (Lipinski definition) is 3. The van der Waals surface area contributed by atoms with Crippen molar-refractivity contribution in [2.75, 3.05) is 0 Å². The normalized spacial score (nSPS) is 25.1. The van der Waals surface area contributed by atoms with Crippen molar-refractivity contribution >= 4 is 5.97 Å². The molecule has 1 aliphatic carbocycles. The van der Waals surface area contributed by atoms with Crippen LogP contribution in [0, 0.1) is 17.2 Å². The van der Waals surface area contributed by atoms with Crippen LogP contribution >= 0.6 is 0 Å². The molecule has 1 fully saturated rings. The Labute approximate surface area is 78.1 Å². The topological polar surface area (TPSA) is 87.1 Å². The summed E-state index contributed by atoms with van der Waals surface area (Å²) in [5.41, 5.74) is 5.39. The van der Waals surface area contributed by atoms with Crippen molar-refractivity contribution in [3.8, 4) is 6.07 Å². The number of nitriles is 1. The summed E-state index contributed by atoms with van der Waals surface area (Å²) in [4.78, 5) is 8.90. The van der Waals surface area contributed by atoms with E-state index in [2.05, 4.69) is 6.07 Å². The van der Waals surface area contributed by atoms with Crippen LogP contribution < -0.4 is 5.73 Å². The van der Waals surface area contributed by atoms with Crippen molar-refractivity contribution in [1.29, 1.82) is 5.26 Å². The third kappa shape index (κ3) is 4.67. The van der Waals surface area contributed by atoms with E-state index in [0.717, 1.165) is 12.8 Å². The van der Waals surface area contributed by atoms with Gasteiger partial charge in [-0.15, -0.1) is 0 Å². The summed E-state index contributed by atoms with van der Waals surface area (Å²) < 4.78 is 31.7. The van der Waals surface area contributed by atoms with Gasteiger partial charge in [0, 0.05) is 12.0 Å². The monoisotopic (exact) mass is 210 g/mol. The molecule has 1 rings (SSSR count). The van der Waals surface area contributed by atoms with Crippen LogP contribution in [0.4, 0.5) is 13.2 Å². The van der Waals surface area contributed by atoms with Crippen molar-refractivity contribution < 1.29 is 23.1 Å². The minimum absolute atomic E-state index is 0.273. The lowest BCUT2D eigenvalue weighted by molar-refractivity contribution is -0.192. The molecule has 0 aromatic carbocycles. The zero-order valence-corrected chi connectivity index (χ0v) is 7.08. The number of hydrogen-bond donors (Lipinski definition) is 2. The third-order valence-corrected chi connectivity index (χ3v) is 1.60. The van der Waals surface area contributed by atoms with Gasteiger partial charge in [-0.1, -0.05) is 0 Å². The Bertz CT molecular complexity index is 240. The van der Waals surface area contributed by atoms with Crippen molar-refractivity contribution in [1.82, 2.24) is 0 Å². The van der Waals surface area contributed by atoms with Gasteiger partial charge in [0.1, 0.15) is 0 Å². The Balaban J connectivity index is 0.000000241. The second-order valence-corrected chi connectivity index (χ2v) is 2.86. The molecule has 80 valence electrons. The van der Waals surface area contributed by atoms with E-state index in [9.17, 15) is 13.2 Å². The van der Waals surface area contributed by atoms with Gasteiger partial charge in [0.15, 0.2) is 0 Å². The molecule has 1 aliphatic rings. The Morgan fingerprint density at radius 1 is 1.50 bits per heavy atom. The smallest absolute Gasteiger partial charge is 0.475 e. The standard InChI is InChI=1S/C5H8N2.C2HF3O2/c6-3-4-1-5(7)2-4;3-2(4,5)1(6)7/h4-5H,1-2,7H2;(H,6,7)/t4-,5-;. The summed E-state index contributed by atoms with van der Waals surface area (Å²) in [5.74, 6) is -2.48. The van der Waals surface area contributed by atoms with Gasteiger partial charge >= 0.3 is 12.1 Å². The van der Waals surface area contributed by atoms with E-state index in [0.29, 0.717) is 6.04 Å². The fourth-order valence-electron chi connectivity index (χ4n) is 0.767. The van der Waals surface area contributed by atoms with Gasteiger partial charge in [0.25, 0.3) is 0 Å². The molecular weight excluding hydrogens is 201 g/mol. The highest BCUT2D eigenvalue weighted by atomic mass is 19.4. The highest BCUT2D eigenvalue weighted by Gasteiger charge is 2.38. The zero-order chi connectivity index (χ0) is 11.4. The first-order valence-electron chi connectivity index (χ1n) is 3.72. The van der Waals surface area contributed by atoms with Crippen molar-refractivity contribution in [3.05, 3.63) is 0 Å². The van der Waals surface area contributed by atoms with Crippen LogP contribution in [0.5, 0.6) is 0 Å². The summed E-state index contributed by atoms with van der Waals surface area (Å²) >= 11 is 0. The Kier molecular flexibility index (Phi) is 4.37. The number of alkyl halides is 3. The number of nitrogens with two attached hydrogens (primary N) is 1. The molecule has 0 saturated heterocycles. The number of carbonyl (C=O) groups is 1. The number of halogens is 3. The number of carboxylic acid groups (broad SMARTS) is 1. The quantitative estimate of drug-likeness (QED) is 0.621. The largest absolute Gasteiger partial charge is 0.490 e. The second-order valence-electron chi connectivity index (χ2n) is 2.86. The molecule has 0 atom stereocenters. The summed E-state index contributed by atoms with van der Waals surface area (Å²) in [5, 5.41) is 15.3. The van der Waals surface area contributed by atoms with Gasteiger partial charge in [-0.2, -0.15) is 18.4 Å². The Hall–Kier alpha value is -1.29. The Morgan fingerprint density at radius 2 is 1.86 bits per heavy atom. The molecule has 0 spiro atoms. The molecule has 0 heterocycles. The van der Waals surface area contributed by atoms with Gasteiger partial charge in [-0.3, -0.25) is 0 Å². The maximum Gasteiger partial charge on any atom is 0.490 e. The average Bonchev–Trinajstić information content (AvgIpc) is 1.98. The van der Waals surface area contributed by atoms with E-state index in [1.807, 2.05) is 0 Å². The molecule has 0 amide bonds. The highest BCUT2D eigenvalue weighted by molar-refractivity contribution is 5.73. The minimum Gasteiger partial charge on any atom is -0.475 e. The van der Waals surface area contributed by atoms with Gasteiger partial charge in [-0.05, 0) is 12.8 Å². The van der Waals surface area contributed by atoms with Crippen LogP contribution in [-0.4, -0.2) is 23.3 Å². The van der Waals surface area contributed by atoms with Gasteiger partial charge in [0.2, 0.25) is 0 Å². The number of aliphatic carboxylic acids is 1. The van der Waals surface area contributed by atoms with Gasteiger partial charge in [0.05, 0.1) is 6.07 Å². The number of nitrogens with zero attached hydrogens (tertiary/aromatic N) is 1. The zero-order valence-electron chi connectivity index (χ0n) is 7.08. The molecule has 0 aromatic rings. The molecule has 0 radical (unpaired) electrons.